The summed E-state index contributed by atoms with van der Waals surface area (Å²) >= 11 is 8.10. The summed E-state index contributed by atoms with van der Waals surface area (Å²) < 4.78 is 5.72. The van der Waals surface area contributed by atoms with E-state index in [0.29, 0.717) is 23.6 Å². The number of cyclic esters (lactones) is 1. The number of ether oxygens (including phenoxy) is 1. The molecule has 0 spiro atoms. The molecule has 0 aliphatic carbocycles. The molecule has 0 aromatic carbocycles. The number of hydrogen-bond donors (Lipinski definition) is 2. The van der Waals surface area contributed by atoms with E-state index >= 15 is 0 Å². The molecule has 2 heterocycles. The summed E-state index contributed by atoms with van der Waals surface area (Å²) in [6.45, 7) is 11.2. The van der Waals surface area contributed by atoms with Crippen molar-refractivity contribution in [3.8, 4) is 0 Å². The van der Waals surface area contributed by atoms with Crippen molar-refractivity contribution in [2.45, 2.75) is 105 Å². The second-order valence-corrected chi connectivity index (χ2v) is 12.1. The largest absolute Gasteiger partial charge is 0.456 e. The van der Waals surface area contributed by atoms with Gasteiger partial charge in [0.05, 0.1) is 39.8 Å². The first-order valence-electron chi connectivity index (χ1n) is 12.9. The highest BCUT2D eigenvalue weighted by molar-refractivity contribution is 7.09. The third-order valence-corrected chi connectivity index (χ3v) is 8.32. The molecule has 8 heteroatoms. The molecule has 0 bridgehead atoms. The number of carbonyl (C=O) groups excluding carboxylic acids is 2. The Hall–Kier alpha value is -1.54. The minimum Gasteiger partial charge on any atom is -0.456 e. The van der Waals surface area contributed by atoms with E-state index in [1.807, 2.05) is 39.2 Å². The van der Waals surface area contributed by atoms with Gasteiger partial charge in [-0.1, -0.05) is 57.4 Å². The monoisotopic (exact) mass is 539 g/mol. The van der Waals surface area contributed by atoms with Gasteiger partial charge in [-0.05, 0) is 51.5 Å². The van der Waals surface area contributed by atoms with E-state index in [2.05, 4.69) is 4.98 Å². The molecule has 2 rings (SSSR count). The average molecular weight is 540 g/mol. The average Bonchev–Trinajstić information content (AvgIpc) is 3.22. The van der Waals surface area contributed by atoms with Crippen molar-refractivity contribution in [1.82, 2.24) is 4.98 Å². The Morgan fingerprint density at radius 1 is 1.31 bits per heavy atom. The van der Waals surface area contributed by atoms with Crippen LogP contribution in [0.2, 0.25) is 0 Å². The summed E-state index contributed by atoms with van der Waals surface area (Å²) in [7, 11) is 0. The van der Waals surface area contributed by atoms with Gasteiger partial charge < -0.3 is 14.9 Å². The Bertz CT molecular complexity index is 953. The maximum absolute atomic E-state index is 13.5. The highest BCUT2D eigenvalue weighted by Crippen LogP contribution is 2.34. The van der Waals surface area contributed by atoms with Gasteiger partial charge in [-0.2, -0.15) is 0 Å². The molecule has 0 amide bonds. The maximum atomic E-state index is 13.5. The third-order valence-electron chi connectivity index (χ3n) is 7.17. The molecule has 0 saturated carbocycles. The number of esters is 1. The summed E-state index contributed by atoms with van der Waals surface area (Å²) in [5, 5.41) is 25.2. The topological polar surface area (TPSA) is 96.7 Å². The number of carbonyl (C=O) groups is 2. The van der Waals surface area contributed by atoms with E-state index in [1.165, 1.54) is 11.3 Å². The van der Waals surface area contributed by atoms with Crippen molar-refractivity contribution in [2.24, 2.45) is 17.3 Å². The zero-order chi connectivity index (χ0) is 27.0. The molecule has 36 heavy (non-hydrogen) atoms. The molecule has 0 radical (unpaired) electrons. The summed E-state index contributed by atoms with van der Waals surface area (Å²) in [6.07, 6.45) is 4.76. The van der Waals surface area contributed by atoms with Crippen LogP contribution in [0.4, 0.5) is 0 Å². The van der Waals surface area contributed by atoms with Crippen LogP contribution in [0.3, 0.4) is 0 Å². The molecule has 202 valence electrons. The van der Waals surface area contributed by atoms with E-state index in [4.69, 9.17) is 16.3 Å². The highest BCUT2D eigenvalue weighted by Gasteiger charge is 2.43. The number of aliphatic hydroxyl groups is 2. The highest BCUT2D eigenvalue weighted by atomic mass is 35.5. The molecule has 1 aliphatic rings. The fourth-order valence-electron chi connectivity index (χ4n) is 4.61. The second-order valence-electron chi connectivity index (χ2n) is 10.6. The summed E-state index contributed by atoms with van der Waals surface area (Å²) in [5.41, 5.74) is 0.620. The molecule has 0 fully saturated rings. The summed E-state index contributed by atoms with van der Waals surface area (Å²) in [5.74, 6) is -1.51. The molecular weight excluding hydrogens is 498 g/mol. The lowest BCUT2D eigenvalue weighted by molar-refractivity contribution is -0.154. The fourth-order valence-corrected chi connectivity index (χ4v) is 5.42. The first-order valence-corrected chi connectivity index (χ1v) is 14.2. The molecule has 5 atom stereocenters. The molecule has 1 aliphatic heterocycles. The van der Waals surface area contributed by atoms with Crippen LogP contribution in [0, 0.1) is 24.2 Å². The number of aryl methyl sites for hydroxylation is 1. The quantitative estimate of drug-likeness (QED) is 0.348. The van der Waals surface area contributed by atoms with Gasteiger partial charge in [-0.15, -0.1) is 11.3 Å². The third kappa shape index (κ3) is 8.51. The van der Waals surface area contributed by atoms with Gasteiger partial charge >= 0.3 is 5.97 Å². The standard InChI is InChI=1S/C28H42ClNO5S/c1-7-9-21-26(33)18(3)11-8-10-17(2)12-13-23(22(29)14-20-16-36-19(4)30-20)35-25(32)15-24(31)28(5,6)27(21)34/h12,14,16,18,21,23-24,26,31,33H,7-11,13,15H2,1-6H3/b17-12-,22-14-/t18-,21+,23-,24-,26-/m0/s1. The number of Topliss-reactive ketones (excluding diaryl/α,β-unsaturated/α-hetero) is 1. The number of nitrogens with zero attached hydrogens (tertiary/aromatic N) is 1. The zero-order valence-electron chi connectivity index (χ0n) is 22.4. The second kappa shape index (κ2) is 13.8. The van der Waals surface area contributed by atoms with Crippen molar-refractivity contribution < 1.29 is 24.5 Å². The van der Waals surface area contributed by atoms with Gasteiger partial charge in [0.1, 0.15) is 11.9 Å². The Balaban J connectivity index is 2.36. The van der Waals surface area contributed by atoms with Crippen LogP contribution in [0.1, 0.15) is 90.3 Å². The van der Waals surface area contributed by atoms with Gasteiger partial charge in [0, 0.05) is 17.7 Å². The van der Waals surface area contributed by atoms with Crippen molar-refractivity contribution in [3.63, 3.8) is 0 Å². The molecular formula is C28H42ClNO5S. The molecule has 2 N–H and O–H groups in total. The molecule has 1 aromatic heterocycles. The number of aliphatic hydroxyl groups excluding tert-OH is 2. The van der Waals surface area contributed by atoms with E-state index in [1.54, 1.807) is 19.9 Å². The summed E-state index contributed by atoms with van der Waals surface area (Å²) in [4.78, 5) is 30.8. The van der Waals surface area contributed by atoms with Gasteiger partial charge in [0.2, 0.25) is 0 Å². The maximum Gasteiger partial charge on any atom is 0.309 e. The predicted molar refractivity (Wildman–Crippen MR) is 146 cm³/mol. The first-order chi connectivity index (χ1) is 16.9. The molecule has 0 unspecified atom stereocenters. The Labute approximate surface area is 224 Å². The number of ketones is 1. The number of halogens is 1. The predicted octanol–water partition coefficient (Wildman–Crippen LogP) is 6.22. The van der Waals surface area contributed by atoms with Crippen molar-refractivity contribution >= 4 is 40.8 Å². The number of hydrogen-bond acceptors (Lipinski definition) is 7. The lowest BCUT2D eigenvalue weighted by Gasteiger charge is -2.36. The number of rotatable bonds is 4. The van der Waals surface area contributed by atoms with E-state index < -0.39 is 35.6 Å². The fraction of sp³-hybridized carbons (Fsp3) is 0.679. The minimum absolute atomic E-state index is 0.0594. The SMILES string of the molecule is CCC[C@H]1C(=O)C(C)(C)[C@@H](O)CC(=O)O[C@H](/C(Cl)=C/c2csc(C)n2)C/C=C(/C)CCC[C@H](C)[C@@H]1O. The van der Waals surface area contributed by atoms with E-state index in [9.17, 15) is 19.8 Å². The van der Waals surface area contributed by atoms with Crippen molar-refractivity contribution in [3.05, 3.63) is 32.8 Å². The normalized spacial score (nSPS) is 31.0. The van der Waals surface area contributed by atoms with Gasteiger partial charge in [-0.3, -0.25) is 9.59 Å². The zero-order valence-corrected chi connectivity index (χ0v) is 24.0. The Morgan fingerprint density at radius 3 is 2.61 bits per heavy atom. The minimum atomic E-state index is -1.26. The summed E-state index contributed by atoms with van der Waals surface area (Å²) in [6, 6.07) is 0. The van der Waals surface area contributed by atoms with Crippen LogP contribution in [0.5, 0.6) is 0 Å². The lowest BCUT2D eigenvalue weighted by atomic mass is 9.71. The van der Waals surface area contributed by atoms with E-state index in [0.717, 1.165) is 36.3 Å². The number of thiazole rings is 1. The first kappa shape index (κ1) is 30.7. The van der Waals surface area contributed by atoms with E-state index in [-0.39, 0.29) is 18.1 Å². The molecule has 0 saturated heterocycles. The lowest BCUT2D eigenvalue weighted by Crippen LogP contribution is -2.46. The molecule has 1 aromatic rings. The van der Waals surface area contributed by atoms with Crippen LogP contribution in [-0.2, 0) is 14.3 Å². The number of allylic oxidation sites excluding steroid dienone is 1. The van der Waals surface area contributed by atoms with Gasteiger partial charge in [-0.25, -0.2) is 4.98 Å². The molecule has 6 nitrogen and oxygen atoms in total. The van der Waals surface area contributed by atoms with Crippen molar-refractivity contribution in [1.29, 1.82) is 0 Å². The number of aromatic nitrogens is 1. The van der Waals surface area contributed by atoms with Crippen LogP contribution < -0.4 is 0 Å². The van der Waals surface area contributed by atoms with Gasteiger partial charge in [0.25, 0.3) is 0 Å². The van der Waals surface area contributed by atoms with Crippen LogP contribution in [0.25, 0.3) is 6.08 Å². The Morgan fingerprint density at radius 2 is 2.00 bits per heavy atom. The van der Waals surface area contributed by atoms with Gasteiger partial charge in [0.15, 0.2) is 0 Å². The van der Waals surface area contributed by atoms with Crippen molar-refractivity contribution in [2.75, 3.05) is 0 Å². The smallest absolute Gasteiger partial charge is 0.309 e. The van der Waals surface area contributed by atoms with Crippen LogP contribution in [-0.4, -0.2) is 45.3 Å². The Kier molecular flexibility index (Phi) is 11.8. The van der Waals surface area contributed by atoms with Crippen LogP contribution in [0.15, 0.2) is 22.1 Å². The van der Waals surface area contributed by atoms with Crippen LogP contribution >= 0.6 is 22.9 Å².